The van der Waals surface area contributed by atoms with E-state index in [9.17, 15) is 8.42 Å². The lowest BCUT2D eigenvalue weighted by molar-refractivity contribution is 0.285. The molecule has 0 saturated heterocycles. The molecule has 1 fully saturated rings. The van der Waals surface area contributed by atoms with Crippen LogP contribution in [0.3, 0.4) is 0 Å². The van der Waals surface area contributed by atoms with Gasteiger partial charge in [-0.1, -0.05) is 20.3 Å². The first-order chi connectivity index (χ1) is 8.76. The maximum atomic E-state index is 12.4. The van der Waals surface area contributed by atoms with Crippen LogP contribution in [0.25, 0.3) is 0 Å². The zero-order valence-corrected chi connectivity index (χ0v) is 13.2. The summed E-state index contributed by atoms with van der Waals surface area (Å²) in [6.45, 7) is 5.92. The summed E-state index contributed by atoms with van der Waals surface area (Å²) < 4.78 is 27.9. The Morgan fingerprint density at radius 2 is 2.21 bits per heavy atom. The van der Waals surface area contributed by atoms with Gasteiger partial charge in [-0.3, -0.25) is 0 Å². The first-order valence-corrected chi connectivity index (χ1v) is 8.79. The number of hydrogen-bond donors (Lipinski definition) is 2. The maximum absolute atomic E-state index is 12.4. The quantitative estimate of drug-likeness (QED) is 0.897. The van der Waals surface area contributed by atoms with E-state index in [0.29, 0.717) is 9.09 Å². The number of aliphatic hydroxyl groups excluding tert-OH is 1. The number of hydrogen-bond acceptors (Lipinski definition) is 4. The van der Waals surface area contributed by atoms with Crippen molar-refractivity contribution in [3.05, 3.63) is 16.5 Å². The van der Waals surface area contributed by atoms with Gasteiger partial charge in [-0.05, 0) is 36.8 Å². The molecule has 19 heavy (non-hydrogen) atoms. The third-order valence-electron chi connectivity index (χ3n) is 3.96. The predicted molar refractivity (Wildman–Crippen MR) is 76.7 cm³/mol. The van der Waals surface area contributed by atoms with Crippen LogP contribution >= 0.6 is 11.3 Å². The predicted octanol–water partition coefficient (Wildman–Crippen LogP) is 2.41. The number of thiophene rings is 1. The van der Waals surface area contributed by atoms with Gasteiger partial charge in [0.05, 0.1) is 6.61 Å². The topological polar surface area (TPSA) is 66.4 Å². The molecule has 1 aliphatic rings. The first-order valence-electron chi connectivity index (χ1n) is 6.49. The van der Waals surface area contributed by atoms with E-state index in [-0.39, 0.29) is 18.1 Å². The highest BCUT2D eigenvalue weighted by Gasteiger charge is 2.37. The maximum Gasteiger partial charge on any atom is 0.250 e. The molecule has 1 unspecified atom stereocenters. The van der Waals surface area contributed by atoms with Crippen LogP contribution in [0.4, 0.5) is 0 Å². The van der Waals surface area contributed by atoms with Crippen LogP contribution in [0, 0.1) is 12.3 Å². The third-order valence-corrected chi connectivity index (χ3v) is 7.13. The van der Waals surface area contributed by atoms with Crippen molar-refractivity contribution in [3.63, 3.8) is 0 Å². The van der Waals surface area contributed by atoms with E-state index in [0.717, 1.165) is 36.2 Å². The Hall–Kier alpha value is -0.430. The van der Waals surface area contributed by atoms with Crippen LogP contribution in [-0.4, -0.2) is 19.6 Å². The summed E-state index contributed by atoms with van der Waals surface area (Å²) >= 11 is 1.15. The van der Waals surface area contributed by atoms with E-state index in [1.54, 1.807) is 6.07 Å². The molecule has 1 aliphatic carbocycles. The molecule has 6 heteroatoms. The van der Waals surface area contributed by atoms with Gasteiger partial charge in [0.1, 0.15) is 4.21 Å². The van der Waals surface area contributed by atoms with Gasteiger partial charge in [0.25, 0.3) is 0 Å². The molecule has 0 aliphatic heterocycles. The second kappa shape index (κ2) is 5.16. The van der Waals surface area contributed by atoms with E-state index >= 15 is 0 Å². The van der Waals surface area contributed by atoms with Crippen molar-refractivity contribution in [2.75, 3.05) is 0 Å². The smallest absolute Gasteiger partial charge is 0.250 e. The highest BCUT2D eigenvalue weighted by molar-refractivity contribution is 7.91. The molecular formula is C13H21NO3S2. The second-order valence-electron chi connectivity index (χ2n) is 5.88. The zero-order chi connectivity index (χ0) is 14.3. The summed E-state index contributed by atoms with van der Waals surface area (Å²) in [7, 11) is -3.47. The molecule has 0 bridgehead atoms. The highest BCUT2D eigenvalue weighted by atomic mass is 32.2. The fourth-order valence-corrected chi connectivity index (χ4v) is 5.48. The van der Waals surface area contributed by atoms with Crippen LogP contribution in [0.2, 0.25) is 0 Å². The number of rotatable bonds is 4. The highest BCUT2D eigenvalue weighted by Crippen LogP contribution is 2.38. The Labute approximate surface area is 118 Å². The van der Waals surface area contributed by atoms with E-state index in [4.69, 9.17) is 5.11 Å². The molecule has 0 amide bonds. The van der Waals surface area contributed by atoms with Crippen molar-refractivity contribution in [2.24, 2.45) is 5.41 Å². The summed E-state index contributed by atoms with van der Waals surface area (Å²) in [6.07, 6.45) is 3.00. The molecule has 1 aromatic rings. The molecule has 4 nitrogen and oxygen atoms in total. The molecule has 2 rings (SSSR count). The second-order valence-corrected chi connectivity index (χ2v) is 8.96. The Morgan fingerprint density at radius 1 is 1.53 bits per heavy atom. The van der Waals surface area contributed by atoms with E-state index in [1.807, 2.05) is 6.92 Å². The lowest BCUT2D eigenvalue weighted by Crippen LogP contribution is -2.41. The normalized spacial score (nSPS) is 22.8. The Kier molecular flexibility index (Phi) is 4.07. The van der Waals surface area contributed by atoms with Crippen LogP contribution in [0.15, 0.2) is 10.3 Å². The standard InChI is InChI=1S/C13H21NO3S2/c1-9-7-12(18-10(9)8-15)19(16,17)14-11-5-4-6-13(11,2)3/h7,11,14-15H,4-6,8H2,1-3H3. The van der Waals surface area contributed by atoms with Gasteiger partial charge in [0.2, 0.25) is 10.0 Å². The van der Waals surface area contributed by atoms with Crippen LogP contribution in [0.5, 0.6) is 0 Å². The van der Waals surface area contributed by atoms with Crippen LogP contribution in [-0.2, 0) is 16.6 Å². The third kappa shape index (κ3) is 3.02. The van der Waals surface area contributed by atoms with Crippen molar-refractivity contribution in [2.45, 2.75) is 56.9 Å². The van der Waals surface area contributed by atoms with Gasteiger partial charge < -0.3 is 5.11 Å². The number of aliphatic hydroxyl groups is 1. The first kappa shape index (κ1) is 15.0. The average molecular weight is 303 g/mol. The van der Waals surface area contributed by atoms with E-state index < -0.39 is 10.0 Å². The molecule has 2 N–H and O–H groups in total. The fraction of sp³-hybridized carbons (Fsp3) is 0.692. The fourth-order valence-electron chi connectivity index (χ4n) is 2.57. The van der Waals surface area contributed by atoms with E-state index in [2.05, 4.69) is 18.6 Å². The minimum Gasteiger partial charge on any atom is -0.391 e. The lowest BCUT2D eigenvalue weighted by Gasteiger charge is -2.27. The zero-order valence-electron chi connectivity index (χ0n) is 11.6. The van der Waals surface area contributed by atoms with Crippen molar-refractivity contribution in [1.82, 2.24) is 4.72 Å². The SMILES string of the molecule is Cc1cc(S(=O)(=O)NC2CCCC2(C)C)sc1CO. The Bertz CT molecular complexity index is 560. The summed E-state index contributed by atoms with van der Waals surface area (Å²) in [5.74, 6) is 0. The molecule has 0 spiro atoms. The Morgan fingerprint density at radius 3 is 2.68 bits per heavy atom. The van der Waals surface area contributed by atoms with Gasteiger partial charge in [0.15, 0.2) is 0 Å². The summed E-state index contributed by atoms with van der Waals surface area (Å²) in [4.78, 5) is 0.714. The van der Waals surface area contributed by atoms with Crippen molar-refractivity contribution < 1.29 is 13.5 Å². The average Bonchev–Trinajstić information content (AvgIpc) is 2.83. The minimum atomic E-state index is -3.47. The molecule has 1 heterocycles. The van der Waals surface area contributed by atoms with Crippen molar-refractivity contribution in [3.8, 4) is 0 Å². The molecule has 1 aromatic heterocycles. The van der Waals surface area contributed by atoms with Gasteiger partial charge in [0, 0.05) is 10.9 Å². The van der Waals surface area contributed by atoms with Gasteiger partial charge in [-0.15, -0.1) is 11.3 Å². The monoisotopic (exact) mass is 303 g/mol. The van der Waals surface area contributed by atoms with Crippen molar-refractivity contribution in [1.29, 1.82) is 0 Å². The molecular weight excluding hydrogens is 282 g/mol. The van der Waals surface area contributed by atoms with E-state index in [1.165, 1.54) is 0 Å². The number of sulfonamides is 1. The summed E-state index contributed by atoms with van der Waals surface area (Å²) in [5.41, 5.74) is 0.845. The lowest BCUT2D eigenvalue weighted by atomic mass is 9.88. The Balaban J connectivity index is 2.23. The van der Waals surface area contributed by atoms with Gasteiger partial charge in [-0.25, -0.2) is 13.1 Å². The number of aryl methyl sites for hydroxylation is 1. The molecule has 0 radical (unpaired) electrons. The summed E-state index contributed by atoms with van der Waals surface area (Å²) in [6, 6.07) is 1.64. The van der Waals surface area contributed by atoms with Gasteiger partial charge in [-0.2, -0.15) is 0 Å². The molecule has 0 aromatic carbocycles. The molecule has 1 saturated carbocycles. The van der Waals surface area contributed by atoms with Crippen molar-refractivity contribution >= 4 is 21.4 Å². The molecule has 108 valence electrons. The summed E-state index contributed by atoms with van der Waals surface area (Å²) in [5, 5.41) is 9.16. The van der Waals surface area contributed by atoms with Crippen LogP contribution < -0.4 is 4.72 Å². The molecule has 1 atom stereocenters. The minimum absolute atomic E-state index is 0.00233. The van der Waals surface area contributed by atoms with Gasteiger partial charge >= 0.3 is 0 Å². The number of nitrogens with one attached hydrogen (secondary N) is 1. The largest absolute Gasteiger partial charge is 0.391 e. The van der Waals surface area contributed by atoms with Crippen LogP contribution in [0.1, 0.15) is 43.6 Å².